The van der Waals surface area contributed by atoms with Crippen molar-refractivity contribution in [2.24, 2.45) is 11.8 Å². The highest BCUT2D eigenvalue weighted by molar-refractivity contribution is 7.91. The van der Waals surface area contributed by atoms with Crippen LogP contribution in [0.4, 0.5) is 0 Å². The smallest absolute Gasteiger partial charge is 0.150 e. The van der Waals surface area contributed by atoms with Crippen molar-refractivity contribution in [3.8, 4) is 0 Å². The number of rotatable bonds is 7. The zero-order valence-electron chi connectivity index (χ0n) is 11.4. The average molecular weight is 261 g/mol. The Kier molecular flexibility index (Phi) is 5.93. The SMILES string of the molecule is CCCCC(CNC(C)C)C1CCS(=O)(=O)C1. The van der Waals surface area contributed by atoms with Crippen LogP contribution in [0.3, 0.4) is 0 Å². The Morgan fingerprint density at radius 2 is 2.06 bits per heavy atom. The topological polar surface area (TPSA) is 46.2 Å². The van der Waals surface area contributed by atoms with E-state index in [4.69, 9.17) is 0 Å². The van der Waals surface area contributed by atoms with Crippen molar-refractivity contribution in [1.82, 2.24) is 5.32 Å². The quantitative estimate of drug-likeness (QED) is 0.764. The Morgan fingerprint density at radius 3 is 2.53 bits per heavy atom. The molecule has 0 radical (unpaired) electrons. The maximum Gasteiger partial charge on any atom is 0.150 e. The van der Waals surface area contributed by atoms with Gasteiger partial charge in [0, 0.05) is 6.04 Å². The van der Waals surface area contributed by atoms with Gasteiger partial charge in [-0.05, 0) is 31.2 Å². The van der Waals surface area contributed by atoms with Crippen LogP contribution in [0.15, 0.2) is 0 Å². The summed E-state index contributed by atoms with van der Waals surface area (Å²) in [5.41, 5.74) is 0. The van der Waals surface area contributed by atoms with Crippen molar-refractivity contribution in [2.45, 2.75) is 52.5 Å². The molecule has 1 aliphatic rings. The monoisotopic (exact) mass is 261 g/mol. The standard InChI is InChI=1S/C13H27NO2S/c1-4-5-6-12(9-14-11(2)3)13-7-8-17(15,16)10-13/h11-14H,4-10H2,1-3H3. The first-order valence-corrected chi connectivity index (χ1v) is 8.70. The van der Waals surface area contributed by atoms with Gasteiger partial charge in [-0.15, -0.1) is 0 Å². The molecule has 4 heteroatoms. The largest absolute Gasteiger partial charge is 0.314 e. The lowest BCUT2D eigenvalue weighted by Crippen LogP contribution is -2.33. The van der Waals surface area contributed by atoms with Crippen molar-refractivity contribution >= 4 is 9.84 Å². The predicted octanol–water partition coefficient (Wildman–Crippen LogP) is 2.23. The van der Waals surface area contributed by atoms with Gasteiger partial charge >= 0.3 is 0 Å². The van der Waals surface area contributed by atoms with Crippen molar-refractivity contribution in [3.05, 3.63) is 0 Å². The van der Waals surface area contributed by atoms with E-state index in [1.54, 1.807) is 0 Å². The summed E-state index contributed by atoms with van der Waals surface area (Å²) in [7, 11) is -2.73. The van der Waals surface area contributed by atoms with Gasteiger partial charge in [0.25, 0.3) is 0 Å². The summed E-state index contributed by atoms with van der Waals surface area (Å²) in [5.74, 6) is 1.75. The van der Waals surface area contributed by atoms with Crippen molar-refractivity contribution in [2.75, 3.05) is 18.1 Å². The minimum absolute atomic E-state index is 0.387. The van der Waals surface area contributed by atoms with E-state index in [1.165, 1.54) is 12.8 Å². The van der Waals surface area contributed by atoms with Gasteiger partial charge in [-0.3, -0.25) is 0 Å². The Balaban J connectivity index is 2.50. The lowest BCUT2D eigenvalue weighted by atomic mass is 9.87. The third-order valence-corrected chi connectivity index (χ3v) is 5.44. The Hall–Kier alpha value is -0.0900. The highest BCUT2D eigenvalue weighted by Gasteiger charge is 2.33. The molecule has 1 rings (SSSR count). The zero-order chi connectivity index (χ0) is 12.9. The molecule has 0 aromatic carbocycles. The van der Waals surface area contributed by atoms with Crippen LogP contribution in [-0.4, -0.2) is 32.5 Å². The van der Waals surface area contributed by atoms with E-state index in [-0.39, 0.29) is 0 Å². The highest BCUT2D eigenvalue weighted by atomic mass is 32.2. The van der Waals surface area contributed by atoms with E-state index in [1.807, 2.05) is 0 Å². The molecule has 2 unspecified atom stereocenters. The number of hydrogen-bond acceptors (Lipinski definition) is 3. The minimum atomic E-state index is -2.73. The van der Waals surface area contributed by atoms with Crippen LogP contribution >= 0.6 is 0 Å². The fraction of sp³-hybridized carbons (Fsp3) is 1.00. The van der Waals surface area contributed by atoms with E-state index in [0.717, 1.165) is 19.4 Å². The fourth-order valence-electron chi connectivity index (χ4n) is 2.55. The first-order valence-electron chi connectivity index (χ1n) is 6.88. The van der Waals surface area contributed by atoms with Gasteiger partial charge in [0.1, 0.15) is 0 Å². The van der Waals surface area contributed by atoms with Gasteiger partial charge in [-0.25, -0.2) is 8.42 Å². The lowest BCUT2D eigenvalue weighted by Gasteiger charge is -2.24. The van der Waals surface area contributed by atoms with Crippen LogP contribution in [0.25, 0.3) is 0 Å². The van der Waals surface area contributed by atoms with Gasteiger partial charge in [-0.1, -0.05) is 33.6 Å². The summed E-state index contributed by atoms with van der Waals surface area (Å²) >= 11 is 0. The van der Waals surface area contributed by atoms with Crippen LogP contribution < -0.4 is 5.32 Å². The molecule has 102 valence electrons. The molecule has 0 aromatic rings. The third-order valence-electron chi connectivity index (χ3n) is 3.65. The van der Waals surface area contributed by atoms with Crippen LogP contribution in [0.1, 0.15) is 46.5 Å². The third kappa shape index (κ3) is 5.38. The van der Waals surface area contributed by atoms with Crippen LogP contribution in [0, 0.1) is 11.8 Å². The maximum absolute atomic E-state index is 11.5. The van der Waals surface area contributed by atoms with E-state index in [0.29, 0.717) is 29.4 Å². The first kappa shape index (κ1) is 15.0. The second kappa shape index (κ2) is 6.74. The van der Waals surface area contributed by atoms with Crippen LogP contribution in [-0.2, 0) is 9.84 Å². The molecule has 17 heavy (non-hydrogen) atoms. The van der Waals surface area contributed by atoms with E-state index in [2.05, 4.69) is 26.1 Å². The van der Waals surface area contributed by atoms with E-state index in [9.17, 15) is 8.42 Å². The van der Waals surface area contributed by atoms with Gasteiger partial charge in [0.05, 0.1) is 11.5 Å². The van der Waals surface area contributed by atoms with Crippen LogP contribution in [0.2, 0.25) is 0 Å². The molecule has 3 nitrogen and oxygen atoms in total. The number of unbranched alkanes of at least 4 members (excludes halogenated alkanes) is 1. The molecule has 0 saturated carbocycles. The molecule has 0 spiro atoms. The highest BCUT2D eigenvalue weighted by Crippen LogP contribution is 2.29. The molecule has 1 N–H and O–H groups in total. The molecule has 0 aromatic heterocycles. The van der Waals surface area contributed by atoms with Crippen molar-refractivity contribution in [3.63, 3.8) is 0 Å². The molecular weight excluding hydrogens is 234 g/mol. The second-order valence-electron chi connectivity index (χ2n) is 5.63. The average Bonchev–Trinajstić information content (AvgIpc) is 2.58. The Bertz CT molecular complexity index is 311. The molecule has 1 saturated heterocycles. The van der Waals surface area contributed by atoms with E-state index >= 15 is 0 Å². The minimum Gasteiger partial charge on any atom is -0.314 e. The number of sulfone groups is 1. The summed E-state index contributed by atoms with van der Waals surface area (Å²) in [5, 5.41) is 3.46. The number of nitrogens with one attached hydrogen (secondary N) is 1. The Morgan fingerprint density at radius 1 is 1.35 bits per heavy atom. The molecule has 1 fully saturated rings. The first-order chi connectivity index (χ1) is 7.94. The van der Waals surface area contributed by atoms with Gasteiger partial charge in [-0.2, -0.15) is 0 Å². The molecule has 1 heterocycles. The molecule has 0 aliphatic carbocycles. The van der Waals surface area contributed by atoms with Gasteiger partial charge < -0.3 is 5.32 Å². The van der Waals surface area contributed by atoms with Gasteiger partial charge in [0.2, 0.25) is 0 Å². The molecule has 2 atom stereocenters. The lowest BCUT2D eigenvalue weighted by molar-refractivity contribution is 0.309. The Labute approximate surface area is 106 Å². The van der Waals surface area contributed by atoms with Gasteiger partial charge in [0.15, 0.2) is 9.84 Å². The van der Waals surface area contributed by atoms with Crippen molar-refractivity contribution in [1.29, 1.82) is 0 Å². The summed E-state index contributed by atoms with van der Waals surface area (Å²) in [6.07, 6.45) is 4.44. The summed E-state index contributed by atoms with van der Waals surface area (Å²) in [6.45, 7) is 7.45. The molecule has 0 bridgehead atoms. The summed E-state index contributed by atoms with van der Waals surface area (Å²) < 4.78 is 23.1. The molecular formula is C13H27NO2S. The molecule has 0 amide bonds. The molecule has 1 aliphatic heterocycles. The number of hydrogen-bond donors (Lipinski definition) is 1. The summed E-state index contributed by atoms with van der Waals surface area (Å²) in [4.78, 5) is 0. The fourth-order valence-corrected chi connectivity index (χ4v) is 4.47. The second-order valence-corrected chi connectivity index (χ2v) is 7.86. The van der Waals surface area contributed by atoms with Crippen molar-refractivity contribution < 1.29 is 8.42 Å². The zero-order valence-corrected chi connectivity index (χ0v) is 12.2. The normalized spacial score (nSPS) is 25.3. The maximum atomic E-state index is 11.5. The predicted molar refractivity (Wildman–Crippen MR) is 72.9 cm³/mol. The van der Waals surface area contributed by atoms with E-state index < -0.39 is 9.84 Å². The van der Waals surface area contributed by atoms with Crippen LogP contribution in [0.5, 0.6) is 0 Å². The summed E-state index contributed by atoms with van der Waals surface area (Å²) in [6, 6.07) is 0.483.